The van der Waals surface area contributed by atoms with Gasteiger partial charge in [-0.05, 0) is 25.3 Å². The second-order valence-corrected chi connectivity index (χ2v) is 7.60. The summed E-state index contributed by atoms with van der Waals surface area (Å²) < 4.78 is 7.81. The van der Waals surface area contributed by atoms with Crippen molar-refractivity contribution in [2.45, 2.75) is 31.2 Å². The van der Waals surface area contributed by atoms with Crippen LogP contribution in [-0.4, -0.2) is 51.4 Å². The van der Waals surface area contributed by atoms with Gasteiger partial charge in [0.25, 0.3) is 5.56 Å². The van der Waals surface area contributed by atoms with Crippen LogP contribution in [0.3, 0.4) is 0 Å². The van der Waals surface area contributed by atoms with Crippen LogP contribution in [0.25, 0.3) is 10.2 Å². The molecule has 1 amide bonds. The van der Waals surface area contributed by atoms with E-state index in [4.69, 9.17) is 4.74 Å². The largest absolute Gasteiger partial charge is 0.372 e. The lowest BCUT2D eigenvalue weighted by Gasteiger charge is -2.35. The first kappa shape index (κ1) is 16.5. The molecule has 0 aromatic carbocycles. The molecule has 1 aliphatic rings. The van der Waals surface area contributed by atoms with E-state index in [1.165, 1.54) is 27.7 Å². The van der Waals surface area contributed by atoms with Crippen LogP contribution in [-0.2, 0) is 16.6 Å². The Morgan fingerprint density at radius 1 is 1.43 bits per heavy atom. The van der Waals surface area contributed by atoms with Crippen molar-refractivity contribution in [2.24, 2.45) is 7.05 Å². The number of fused-ring (bicyclic) bond motifs is 1. The number of rotatable bonds is 3. The van der Waals surface area contributed by atoms with Crippen LogP contribution < -0.4 is 5.56 Å². The van der Waals surface area contributed by atoms with Gasteiger partial charge in [0.2, 0.25) is 5.91 Å². The fourth-order valence-electron chi connectivity index (χ4n) is 2.70. The topological polar surface area (TPSA) is 64.4 Å². The zero-order valence-corrected chi connectivity index (χ0v) is 14.9. The average molecular weight is 353 g/mol. The fraction of sp³-hybridized carbons (Fsp3) is 0.533. The van der Waals surface area contributed by atoms with Crippen LogP contribution in [0.15, 0.2) is 21.4 Å². The molecule has 2 unspecified atom stereocenters. The third-order valence-corrected chi connectivity index (χ3v) is 5.65. The van der Waals surface area contributed by atoms with Gasteiger partial charge in [-0.2, -0.15) is 0 Å². The molecular formula is C15H19N3O3S2. The Kier molecular flexibility index (Phi) is 4.74. The molecule has 0 radical (unpaired) electrons. The molecule has 23 heavy (non-hydrogen) atoms. The van der Waals surface area contributed by atoms with Gasteiger partial charge in [-0.3, -0.25) is 14.2 Å². The summed E-state index contributed by atoms with van der Waals surface area (Å²) >= 11 is 2.70. The molecule has 1 saturated heterocycles. The van der Waals surface area contributed by atoms with Gasteiger partial charge in [0.15, 0.2) is 5.16 Å². The summed E-state index contributed by atoms with van der Waals surface area (Å²) in [4.78, 5) is 31.0. The van der Waals surface area contributed by atoms with Crippen molar-refractivity contribution >= 4 is 39.2 Å². The Morgan fingerprint density at radius 3 is 2.83 bits per heavy atom. The standard InChI is InChI=1S/C15H19N3O3S2/c1-9-6-18(7-10(2)21-9)12(19)8-23-15-16-11-4-5-22-13(11)14(20)17(15)3/h4-5,9-10H,6-8H2,1-3H3. The molecule has 0 bridgehead atoms. The highest BCUT2D eigenvalue weighted by molar-refractivity contribution is 7.99. The van der Waals surface area contributed by atoms with Crippen LogP contribution in [0.5, 0.6) is 0 Å². The molecule has 0 saturated carbocycles. The lowest BCUT2D eigenvalue weighted by molar-refractivity contribution is -0.140. The van der Waals surface area contributed by atoms with E-state index >= 15 is 0 Å². The molecule has 3 rings (SSSR count). The van der Waals surface area contributed by atoms with Crippen LogP contribution in [0.4, 0.5) is 0 Å². The van der Waals surface area contributed by atoms with Gasteiger partial charge in [-0.15, -0.1) is 11.3 Å². The van der Waals surface area contributed by atoms with Crippen molar-refractivity contribution in [3.05, 3.63) is 21.8 Å². The summed E-state index contributed by atoms with van der Waals surface area (Å²) in [6, 6.07) is 1.83. The van der Waals surface area contributed by atoms with Gasteiger partial charge in [0.1, 0.15) is 4.70 Å². The van der Waals surface area contributed by atoms with Crippen molar-refractivity contribution in [1.29, 1.82) is 0 Å². The summed E-state index contributed by atoms with van der Waals surface area (Å²) in [7, 11) is 1.69. The zero-order valence-electron chi connectivity index (χ0n) is 13.3. The Hall–Kier alpha value is -1.38. The van der Waals surface area contributed by atoms with E-state index in [0.717, 1.165) is 0 Å². The minimum absolute atomic E-state index is 0.0525. The highest BCUT2D eigenvalue weighted by Crippen LogP contribution is 2.21. The summed E-state index contributed by atoms with van der Waals surface area (Å²) in [6.45, 7) is 5.16. The first-order valence-corrected chi connectivity index (χ1v) is 9.32. The smallest absolute Gasteiger partial charge is 0.271 e. The van der Waals surface area contributed by atoms with E-state index in [-0.39, 0.29) is 29.4 Å². The number of nitrogens with zero attached hydrogens (tertiary/aromatic N) is 3. The average Bonchev–Trinajstić information content (AvgIpc) is 2.96. The second-order valence-electron chi connectivity index (χ2n) is 5.74. The zero-order chi connectivity index (χ0) is 16.6. The van der Waals surface area contributed by atoms with Crippen LogP contribution in [0.2, 0.25) is 0 Å². The normalized spacial score (nSPS) is 21.8. The number of hydrogen-bond acceptors (Lipinski definition) is 6. The van der Waals surface area contributed by atoms with E-state index in [1.807, 2.05) is 30.2 Å². The summed E-state index contributed by atoms with van der Waals surface area (Å²) in [6.07, 6.45) is 0.106. The SMILES string of the molecule is CC1CN(C(=O)CSc2nc3ccsc3c(=O)n2C)CC(C)O1. The molecule has 1 aliphatic heterocycles. The molecule has 0 N–H and O–H groups in total. The Balaban J connectivity index is 1.72. The Morgan fingerprint density at radius 2 is 2.13 bits per heavy atom. The van der Waals surface area contributed by atoms with Gasteiger partial charge >= 0.3 is 0 Å². The van der Waals surface area contributed by atoms with Crippen molar-refractivity contribution in [3.63, 3.8) is 0 Å². The highest BCUT2D eigenvalue weighted by Gasteiger charge is 2.26. The maximum atomic E-state index is 12.4. The molecule has 0 aliphatic carbocycles. The molecule has 1 fully saturated rings. The lowest BCUT2D eigenvalue weighted by atomic mass is 10.2. The molecule has 6 nitrogen and oxygen atoms in total. The number of amides is 1. The number of thioether (sulfide) groups is 1. The van der Waals surface area contributed by atoms with Gasteiger partial charge in [0, 0.05) is 20.1 Å². The second kappa shape index (κ2) is 6.62. The predicted octanol–water partition coefficient (Wildman–Crippen LogP) is 1.72. The molecule has 0 spiro atoms. The molecule has 2 aromatic heterocycles. The van der Waals surface area contributed by atoms with Crippen LogP contribution >= 0.6 is 23.1 Å². The monoisotopic (exact) mass is 353 g/mol. The number of aromatic nitrogens is 2. The maximum absolute atomic E-state index is 12.4. The van der Waals surface area contributed by atoms with Gasteiger partial charge in [-0.1, -0.05) is 11.8 Å². The van der Waals surface area contributed by atoms with Crippen LogP contribution in [0.1, 0.15) is 13.8 Å². The molecule has 2 aromatic rings. The number of ether oxygens (including phenoxy) is 1. The van der Waals surface area contributed by atoms with Crippen LogP contribution in [0, 0.1) is 0 Å². The van der Waals surface area contributed by atoms with E-state index in [1.54, 1.807) is 7.05 Å². The van der Waals surface area contributed by atoms with Crippen molar-refractivity contribution in [1.82, 2.24) is 14.5 Å². The van der Waals surface area contributed by atoms with Crippen molar-refractivity contribution in [2.75, 3.05) is 18.8 Å². The molecule has 124 valence electrons. The van der Waals surface area contributed by atoms with Gasteiger partial charge < -0.3 is 9.64 Å². The highest BCUT2D eigenvalue weighted by atomic mass is 32.2. The third-order valence-electron chi connectivity index (χ3n) is 3.74. The molecule has 3 heterocycles. The summed E-state index contributed by atoms with van der Waals surface area (Å²) in [5.41, 5.74) is 0.634. The Bertz CT molecular complexity index is 776. The number of carbonyl (C=O) groups is 1. The van der Waals surface area contributed by atoms with E-state index in [9.17, 15) is 9.59 Å². The first-order valence-electron chi connectivity index (χ1n) is 7.46. The Labute approximate surface area is 142 Å². The quantitative estimate of drug-likeness (QED) is 0.621. The summed E-state index contributed by atoms with van der Waals surface area (Å²) in [5, 5.41) is 2.43. The third kappa shape index (κ3) is 3.44. The predicted molar refractivity (Wildman–Crippen MR) is 92.2 cm³/mol. The van der Waals surface area contributed by atoms with E-state index in [0.29, 0.717) is 28.5 Å². The van der Waals surface area contributed by atoms with E-state index < -0.39 is 0 Å². The minimum Gasteiger partial charge on any atom is -0.372 e. The number of hydrogen-bond donors (Lipinski definition) is 0. The van der Waals surface area contributed by atoms with Gasteiger partial charge in [0.05, 0.1) is 23.5 Å². The molecular weight excluding hydrogens is 334 g/mol. The number of morpholine rings is 1. The van der Waals surface area contributed by atoms with E-state index in [2.05, 4.69) is 4.98 Å². The minimum atomic E-state index is -0.0615. The number of thiophene rings is 1. The lowest BCUT2D eigenvalue weighted by Crippen LogP contribution is -2.48. The van der Waals surface area contributed by atoms with Crippen molar-refractivity contribution in [3.8, 4) is 0 Å². The molecule has 2 atom stereocenters. The molecule has 8 heteroatoms. The van der Waals surface area contributed by atoms with Gasteiger partial charge in [-0.25, -0.2) is 4.98 Å². The first-order chi connectivity index (χ1) is 11.0. The summed E-state index contributed by atoms with van der Waals surface area (Å²) in [5.74, 6) is 0.326. The maximum Gasteiger partial charge on any atom is 0.271 e. The number of carbonyl (C=O) groups excluding carboxylic acids is 1. The van der Waals surface area contributed by atoms with Crippen molar-refractivity contribution < 1.29 is 9.53 Å². The fourth-order valence-corrected chi connectivity index (χ4v) is 4.38.